The number of furan rings is 1. The smallest absolute Gasteiger partial charge is 0.264 e. The van der Waals surface area contributed by atoms with Crippen LogP contribution >= 0.6 is 27.7 Å². The van der Waals surface area contributed by atoms with Gasteiger partial charge in [0.25, 0.3) is 5.91 Å². The number of benzene rings is 2. The standard InChI is InChI=1S/C22H17BrN2O2S/c1-13-4-3-5-15(10-13)24-22-25-21(26)20(28-22)12-16-7-9-19(27-16)17-8-6-14(2)11-18(17)23/h3-12H,1-2H3,(H,24,25,26)/b20-12-. The van der Waals surface area contributed by atoms with Gasteiger partial charge in [0.05, 0.1) is 10.6 Å². The van der Waals surface area contributed by atoms with Crippen molar-refractivity contribution in [1.82, 2.24) is 5.32 Å². The minimum atomic E-state index is -0.175. The van der Waals surface area contributed by atoms with Crippen LogP contribution in [0.3, 0.4) is 0 Å². The fraction of sp³-hybridized carbons (Fsp3) is 0.0909. The number of amides is 1. The second-order valence-corrected chi connectivity index (χ2v) is 8.39. The van der Waals surface area contributed by atoms with Crippen LogP contribution in [0.2, 0.25) is 0 Å². The zero-order chi connectivity index (χ0) is 19.7. The van der Waals surface area contributed by atoms with E-state index in [1.807, 2.05) is 68.4 Å². The topological polar surface area (TPSA) is 54.6 Å². The Balaban J connectivity index is 1.56. The molecule has 0 spiro atoms. The largest absolute Gasteiger partial charge is 0.457 e. The van der Waals surface area contributed by atoms with E-state index in [0.29, 0.717) is 15.8 Å². The summed E-state index contributed by atoms with van der Waals surface area (Å²) < 4.78 is 6.90. The molecule has 4 rings (SSSR count). The highest BCUT2D eigenvalue weighted by atomic mass is 79.9. The van der Waals surface area contributed by atoms with Gasteiger partial charge in [-0.15, -0.1) is 0 Å². The van der Waals surface area contributed by atoms with Crippen LogP contribution in [0.25, 0.3) is 17.4 Å². The van der Waals surface area contributed by atoms with E-state index in [2.05, 4.69) is 26.2 Å². The van der Waals surface area contributed by atoms with Crippen molar-refractivity contribution in [3.8, 4) is 11.3 Å². The lowest BCUT2D eigenvalue weighted by molar-refractivity contribution is -0.115. The van der Waals surface area contributed by atoms with E-state index in [9.17, 15) is 4.79 Å². The molecule has 3 aromatic rings. The molecule has 0 atom stereocenters. The van der Waals surface area contributed by atoms with Crippen LogP contribution in [0.1, 0.15) is 16.9 Å². The molecule has 1 aliphatic heterocycles. The Bertz CT molecular complexity index is 1130. The van der Waals surface area contributed by atoms with Crippen molar-refractivity contribution >= 4 is 50.5 Å². The predicted octanol–water partition coefficient (Wildman–Crippen LogP) is 6.22. The van der Waals surface area contributed by atoms with Gasteiger partial charge in [0.2, 0.25) is 0 Å². The molecule has 2 aromatic carbocycles. The van der Waals surface area contributed by atoms with Crippen molar-refractivity contribution in [2.24, 2.45) is 4.99 Å². The predicted molar refractivity (Wildman–Crippen MR) is 119 cm³/mol. The average Bonchev–Trinajstić information content (AvgIpc) is 3.22. The highest BCUT2D eigenvalue weighted by molar-refractivity contribution is 9.10. The number of carbonyl (C=O) groups excluding carboxylic acids is 1. The maximum absolute atomic E-state index is 12.3. The van der Waals surface area contributed by atoms with Crippen molar-refractivity contribution < 1.29 is 9.21 Å². The Labute approximate surface area is 175 Å². The number of carbonyl (C=O) groups is 1. The molecule has 1 fully saturated rings. The van der Waals surface area contributed by atoms with Gasteiger partial charge in [-0.2, -0.15) is 0 Å². The summed E-state index contributed by atoms with van der Waals surface area (Å²) >= 11 is 4.88. The number of thioether (sulfide) groups is 1. The summed E-state index contributed by atoms with van der Waals surface area (Å²) in [7, 11) is 0. The minimum absolute atomic E-state index is 0.175. The molecule has 1 saturated heterocycles. The van der Waals surface area contributed by atoms with Crippen LogP contribution in [0.5, 0.6) is 0 Å². The summed E-state index contributed by atoms with van der Waals surface area (Å²) in [5.41, 5.74) is 4.08. The fourth-order valence-corrected chi connectivity index (χ4v) is 4.33. The first-order valence-corrected chi connectivity index (χ1v) is 10.3. The second-order valence-electron chi connectivity index (χ2n) is 6.51. The van der Waals surface area contributed by atoms with E-state index < -0.39 is 0 Å². The Kier molecular flexibility index (Phi) is 5.24. The van der Waals surface area contributed by atoms with E-state index in [1.165, 1.54) is 17.3 Å². The van der Waals surface area contributed by atoms with Crippen LogP contribution in [0, 0.1) is 13.8 Å². The molecule has 2 heterocycles. The molecular formula is C22H17BrN2O2S. The number of amidine groups is 1. The third-order valence-electron chi connectivity index (χ3n) is 4.17. The average molecular weight is 453 g/mol. The summed E-state index contributed by atoms with van der Waals surface area (Å²) in [5, 5.41) is 3.37. The van der Waals surface area contributed by atoms with Gasteiger partial charge >= 0.3 is 0 Å². The summed E-state index contributed by atoms with van der Waals surface area (Å²) in [6.45, 7) is 4.05. The third-order valence-corrected chi connectivity index (χ3v) is 5.74. The molecule has 6 heteroatoms. The van der Waals surface area contributed by atoms with E-state index in [4.69, 9.17) is 4.42 Å². The first kappa shape index (κ1) is 18.8. The maximum Gasteiger partial charge on any atom is 0.264 e. The quantitative estimate of drug-likeness (QED) is 0.480. The number of nitrogens with one attached hydrogen (secondary N) is 1. The van der Waals surface area contributed by atoms with Crippen molar-refractivity contribution in [3.63, 3.8) is 0 Å². The lowest BCUT2D eigenvalue weighted by atomic mass is 10.1. The van der Waals surface area contributed by atoms with E-state index in [0.717, 1.165) is 27.0 Å². The Morgan fingerprint density at radius 2 is 1.89 bits per heavy atom. The SMILES string of the molecule is Cc1cccc(N=C2NC(=O)/C(=C/c3ccc(-c4ccc(C)cc4Br)o3)S2)c1. The van der Waals surface area contributed by atoms with Crippen LogP contribution in [0.15, 0.2) is 73.4 Å². The lowest BCUT2D eigenvalue weighted by Gasteiger charge is -2.02. The Morgan fingerprint density at radius 3 is 2.68 bits per heavy atom. The molecule has 0 aliphatic carbocycles. The van der Waals surface area contributed by atoms with Gasteiger partial charge in [0.15, 0.2) is 5.17 Å². The molecule has 0 bridgehead atoms. The number of nitrogens with zero attached hydrogens (tertiary/aromatic N) is 1. The van der Waals surface area contributed by atoms with Crippen LogP contribution < -0.4 is 5.32 Å². The van der Waals surface area contributed by atoms with Gasteiger partial charge in [-0.05, 0) is 73.1 Å². The lowest BCUT2D eigenvalue weighted by Crippen LogP contribution is -2.19. The Morgan fingerprint density at radius 1 is 1.07 bits per heavy atom. The van der Waals surface area contributed by atoms with Crippen LogP contribution in [-0.4, -0.2) is 11.1 Å². The third kappa shape index (κ3) is 4.13. The molecular weight excluding hydrogens is 436 g/mol. The van der Waals surface area contributed by atoms with E-state index >= 15 is 0 Å². The molecule has 28 heavy (non-hydrogen) atoms. The van der Waals surface area contributed by atoms with Crippen molar-refractivity contribution in [1.29, 1.82) is 0 Å². The zero-order valence-corrected chi connectivity index (χ0v) is 17.7. The molecule has 0 unspecified atom stereocenters. The number of rotatable bonds is 3. The van der Waals surface area contributed by atoms with Gasteiger partial charge < -0.3 is 9.73 Å². The molecule has 1 aliphatic rings. The summed E-state index contributed by atoms with van der Waals surface area (Å²) in [5.74, 6) is 1.19. The van der Waals surface area contributed by atoms with E-state index in [-0.39, 0.29) is 5.91 Å². The second kappa shape index (κ2) is 7.81. The van der Waals surface area contributed by atoms with Crippen molar-refractivity contribution in [2.75, 3.05) is 0 Å². The molecule has 1 aromatic heterocycles. The molecule has 0 saturated carbocycles. The number of aliphatic imine (C=N–C) groups is 1. The van der Waals surface area contributed by atoms with Crippen molar-refractivity contribution in [3.05, 3.63) is 80.9 Å². The van der Waals surface area contributed by atoms with E-state index in [1.54, 1.807) is 6.08 Å². The van der Waals surface area contributed by atoms with Crippen LogP contribution in [-0.2, 0) is 4.79 Å². The van der Waals surface area contributed by atoms with Crippen molar-refractivity contribution in [2.45, 2.75) is 13.8 Å². The summed E-state index contributed by atoms with van der Waals surface area (Å²) in [4.78, 5) is 17.3. The molecule has 1 N–H and O–H groups in total. The van der Waals surface area contributed by atoms with Gasteiger partial charge in [-0.3, -0.25) is 4.79 Å². The molecule has 0 radical (unpaired) electrons. The monoisotopic (exact) mass is 452 g/mol. The highest BCUT2D eigenvalue weighted by Gasteiger charge is 2.24. The first-order valence-electron chi connectivity index (χ1n) is 8.70. The summed E-state index contributed by atoms with van der Waals surface area (Å²) in [6.07, 6.45) is 1.74. The van der Waals surface area contributed by atoms with Gasteiger partial charge in [-0.25, -0.2) is 4.99 Å². The fourth-order valence-electron chi connectivity index (χ4n) is 2.82. The van der Waals surface area contributed by atoms with Crippen LogP contribution in [0.4, 0.5) is 5.69 Å². The number of halogens is 1. The van der Waals surface area contributed by atoms with Gasteiger partial charge in [-0.1, -0.05) is 34.1 Å². The first-order chi connectivity index (χ1) is 13.5. The van der Waals surface area contributed by atoms with Gasteiger partial charge in [0.1, 0.15) is 11.5 Å². The normalized spacial score (nSPS) is 16.8. The molecule has 1 amide bonds. The molecule has 4 nitrogen and oxygen atoms in total. The molecule has 140 valence electrons. The number of hydrogen-bond acceptors (Lipinski definition) is 4. The highest BCUT2D eigenvalue weighted by Crippen LogP contribution is 2.33. The zero-order valence-electron chi connectivity index (χ0n) is 15.3. The number of aryl methyl sites for hydroxylation is 2. The number of hydrogen-bond donors (Lipinski definition) is 1. The van der Waals surface area contributed by atoms with Gasteiger partial charge in [0, 0.05) is 16.1 Å². The maximum atomic E-state index is 12.3. The minimum Gasteiger partial charge on any atom is -0.457 e. The Hall–Kier alpha value is -2.57. The summed E-state index contributed by atoms with van der Waals surface area (Å²) in [6, 6.07) is 17.7.